The maximum atomic E-state index is 13.0. The van der Waals surface area contributed by atoms with Crippen molar-refractivity contribution < 1.29 is 9.59 Å². The summed E-state index contributed by atoms with van der Waals surface area (Å²) in [6, 6.07) is 14.7. The Bertz CT molecular complexity index is 1560. The molecule has 1 fully saturated rings. The molecule has 1 saturated heterocycles. The number of carbonyl (C=O) groups excluding carboxylic acids is 2. The number of benzene rings is 2. The molecule has 0 aliphatic carbocycles. The summed E-state index contributed by atoms with van der Waals surface area (Å²) < 4.78 is 1.68. The van der Waals surface area contributed by atoms with Crippen molar-refractivity contribution >= 4 is 34.0 Å². The number of hydrogen-bond donors (Lipinski definition) is 2. The molecule has 0 unspecified atom stereocenters. The molecule has 212 valence electrons. The number of fused-ring (bicyclic) bond motifs is 1. The maximum absolute atomic E-state index is 13.0. The van der Waals surface area contributed by atoms with Gasteiger partial charge in [-0.15, -0.1) is 5.10 Å². The molecular formula is C31H36N8O2. The molecule has 0 saturated carbocycles. The molecule has 4 aromatic rings. The number of aromatic amines is 1. The average Bonchev–Trinajstić information content (AvgIpc) is 3.70. The zero-order chi connectivity index (χ0) is 28.3. The third-order valence-electron chi connectivity index (χ3n) is 7.92. The zero-order valence-electron chi connectivity index (χ0n) is 23.6. The van der Waals surface area contributed by atoms with E-state index in [1.807, 2.05) is 17.0 Å². The lowest BCUT2D eigenvalue weighted by atomic mass is 9.99. The molecule has 10 nitrogen and oxygen atoms in total. The van der Waals surface area contributed by atoms with Crippen molar-refractivity contribution in [1.82, 2.24) is 35.1 Å². The van der Waals surface area contributed by atoms with Gasteiger partial charge in [-0.05, 0) is 47.9 Å². The highest BCUT2D eigenvalue weighted by Gasteiger charge is 2.22. The van der Waals surface area contributed by atoms with Crippen LogP contribution in [0.15, 0.2) is 60.9 Å². The third kappa shape index (κ3) is 5.74. The second kappa shape index (κ2) is 11.6. The number of nitrogens with one attached hydrogen (secondary N) is 2. The highest BCUT2D eigenvalue weighted by atomic mass is 16.2. The zero-order valence-corrected chi connectivity index (χ0v) is 23.6. The first-order valence-electron chi connectivity index (χ1n) is 14.2. The minimum absolute atomic E-state index is 0.0330. The Kier molecular flexibility index (Phi) is 7.56. The summed E-state index contributed by atoms with van der Waals surface area (Å²) in [7, 11) is 3.55. The molecule has 2 aromatic heterocycles. The fourth-order valence-electron chi connectivity index (χ4n) is 5.67. The molecule has 0 atom stereocenters. The Hall–Kier alpha value is -4.44. The second-order valence-corrected chi connectivity index (χ2v) is 10.9. The van der Waals surface area contributed by atoms with Gasteiger partial charge in [0.2, 0.25) is 5.91 Å². The van der Waals surface area contributed by atoms with Crippen LogP contribution in [0.5, 0.6) is 0 Å². The van der Waals surface area contributed by atoms with Crippen LogP contribution in [0.25, 0.3) is 27.6 Å². The maximum Gasteiger partial charge on any atom is 0.253 e. The first-order valence-corrected chi connectivity index (χ1v) is 14.2. The largest absolute Gasteiger partial charge is 0.369 e. The predicted molar refractivity (Wildman–Crippen MR) is 161 cm³/mol. The fourth-order valence-corrected chi connectivity index (χ4v) is 5.67. The summed E-state index contributed by atoms with van der Waals surface area (Å²) in [6.45, 7) is 5.72. The van der Waals surface area contributed by atoms with E-state index in [0.29, 0.717) is 31.6 Å². The van der Waals surface area contributed by atoms with Gasteiger partial charge in [-0.2, -0.15) is 0 Å². The molecule has 0 radical (unpaired) electrons. The number of hydrogen-bond acceptors (Lipinski definition) is 6. The molecule has 4 heterocycles. The van der Waals surface area contributed by atoms with E-state index in [2.05, 4.69) is 61.9 Å². The fraction of sp³-hybridized carbons (Fsp3) is 0.355. The van der Waals surface area contributed by atoms with E-state index in [4.69, 9.17) is 0 Å². The van der Waals surface area contributed by atoms with Gasteiger partial charge >= 0.3 is 0 Å². The molecular weight excluding hydrogens is 516 g/mol. The van der Waals surface area contributed by atoms with Crippen molar-refractivity contribution in [2.45, 2.75) is 19.4 Å². The van der Waals surface area contributed by atoms with Crippen LogP contribution in [0.1, 0.15) is 28.9 Å². The molecule has 0 spiro atoms. The summed E-state index contributed by atoms with van der Waals surface area (Å²) >= 11 is 0. The molecule has 41 heavy (non-hydrogen) atoms. The first kappa shape index (κ1) is 26.8. The molecule has 2 N–H and O–H groups in total. The third-order valence-corrected chi connectivity index (χ3v) is 7.92. The van der Waals surface area contributed by atoms with Crippen molar-refractivity contribution in [2.24, 2.45) is 0 Å². The number of anilines is 1. The second-order valence-electron chi connectivity index (χ2n) is 10.9. The van der Waals surface area contributed by atoms with Gasteiger partial charge in [0.25, 0.3) is 5.91 Å². The lowest BCUT2D eigenvalue weighted by Crippen LogP contribution is -2.43. The van der Waals surface area contributed by atoms with Gasteiger partial charge in [0, 0.05) is 93.9 Å². The quantitative estimate of drug-likeness (QED) is 0.365. The lowest BCUT2D eigenvalue weighted by Gasteiger charge is -2.29. The van der Waals surface area contributed by atoms with Crippen molar-refractivity contribution in [3.63, 3.8) is 0 Å². The summed E-state index contributed by atoms with van der Waals surface area (Å²) in [5.74, 6) is 0.0701. The number of aromatic nitrogens is 4. The van der Waals surface area contributed by atoms with Crippen LogP contribution >= 0.6 is 0 Å². The number of nitrogens with zero attached hydrogens (tertiary/aromatic N) is 6. The Morgan fingerprint density at radius 1 is 1.02 bits per heavy atom. The highest BCUT2D eigenvalue weighted by Crippen LogP contribution is 2.34. The predicted octanol–water partition coefficient (Wildman–Crippen LogP) is 3.24. The van der Waals surface area contributed by atoms with Crippen molar-refractivity contribution in [2.75, 3.05) is 58.3 Å². The van der Waals surface area contributed by atoms with Crippen LogP contribution in [-0.2, 0) is 11.3 Å². The standard InChI is InChI=1S/C31H36N8O2/c1-36(2)31(41)25-18-24-20-28(23-4-3-13-38(21-23)29(40)9-14-39-17-12-33-35-39)34-30(24)27(19-25)22-5-7-26(8-6-22)37-15-10-32-11-16-37/h4-8,12,17-20,32,34H,3,9-11,13-16,21H2,1-2H3. The van der Waals surface area contributed by atoms with E-state index >= 15 is 0 Å². The Morgan fingerprint density at radius 3 is 2.56 bits per heavy atom. The van der Waals surface area contributed by atoms with E-state index in [-0.39, 0.29) is 11.8 Å². The van der Waals surface area contributed by atoms with Crippen molar-refractivity contribution in [1.29, 1.82) is 0 Å². The highest BCUT2D eigenvalue weighted by molar-refractivity contribution is 6.04. The molecule has 2 aromatic carbocycles. The number of carbonyl (C=O) groups is 2. The average molecular weight is 553 g/mol. The lowest BCUT2D eigenvalue weighted by molar-refractivity contribution is -0.131. The summed E-state index contributed by atoms with van der Waals surface area (Å²) in [5.41, 5.74) is 6.95. The topological polar surface area (TPSA) is 102 Å². The normalized spacial score (nSPS) is 15.7. The van der Waals surface area contributed by atoms with Crippen LogP contribution < -0.4 is 10.2 Å². The van der Waals surface area contributed by atoms with Gasteiger partial charge in [-0.25, -0.2) is 0 Å². The van der Waals surface area contributed by atoms with Gasteiger partial charge in [0.1, 0.15) is 0 Å². The summed E-state index contributed by atoms with van der Waals surface area (Å²) in [6.07, 6.45) is 6.77. The number of amides is 2. The SMILES string of the molecule is CN(C)C(=O)c1cc(-c2ccc(N3CCNCC3)cc2)c2[nH]c(C3=CCCN(C(=O)CCn4ccnn4)C3)cc2c1. The van der Waals surface area contributed by atoms with Crippen LogP contribution in [-0.4, -0.2) is 95.0 Å². The van der Waals surface area contributed by atoms with Gasteiger partial charge in [0.05, 0.1) is 18.3 Å². The minimum Gasteiger partial charge on any atom is -0.369 e. The van der Waals surface area contributed by atoms with Gasteiger partial charge in [-0.1, -0.05) is 23.4 Å². The molecule has 2 aliphatic heterocycles. The van der Waals surface area contributed by atoms with Crippen LogP contribution in [0.3, 0.4) is 0 Å². The molecule has 2 amide bonds. The number of rotatable bonds is 7. The monoisotopic (exact) mass is 552 g/mol. The molecule has 6 rings (SSSR count). The van der Waals surface area contributed by atoms with E-state index in [0.717, 1.165) is 65.9 Å². The van der Waals surface area contributed by atoms with Gasteiger partial charge in [-0.3, -0.25) is 14.3 Å². The van der Waals surface area contributed by atoms with Crippen LogP contribution in [0.2, 0.25) is 0 Å². The Balaban J connectivity index is 1.29. The summed E-state index contributed by atoms with van der Waals surface area (Å²) in [5, 5.41) is 12.2. The van der Waals surface area contributed by atoms with Crippen LogP contribution in [0.4, 0.5) is 5.69 Å². The number of aryl methyl sites for hydroxylation is 1. The van der Waals surface area contributed by atoms with E-state index in [1.54, 1.807) is 36.1 Å². The van der Waals surface area contributed by atoms with Gasteiger partial charge < -0.3 is 25.0 Å². The van der Waals surface area contributed by atoms with E-state index in [9.17, 15) is 9.59 Å². The summed E-state index contributed by atoms with van der Waals surface area (Å²) in [4.78, 5) is 35.6. The Labute approximate surface area is 239 Å². The van der Waals surface area contributed by atoms with E-state index in [1.165, 1.54) is 5.69 Å². The van der Waals surface area contributed by atoms with E-state index < -0.39 is 0 Å². The smallest absolute Gasteiger partial charge is 0.253 e. The van der Waals surface area contributed by atoms with Crippen LogP contribution in [0, 0.1) is 0 Å². The first-order chi connectivity index (χ1) is 20.0. The molecule has 0 bridgehead atoms. The van der Waals surface area contributed by atoms with Crippen molar-refractivity contribution in [3.8, 4) is 11.1 Å². The van der Waals surface area contributed by atoms with Crippen molar-refractivity contribution in [3.05, 3.63) is 72.2 Å². The molecule has 2 aliphatic rings. The van der Waals surface area contributed by atoms with Gasteiger partial charge in [0.15, 0.2) is 0 Å². The Morgan fingerprint density at radius 2 is 1.83 bits per heavy atom. The minimum atomic E-state index is -0.0330. The number of piperazine rings is 1. The molecule has 10 heteroatoms. The number of H-pyrrole nitrogens is 1.